The standard InChI is InChI=1S/C25H24BrN3O4S/c1-2-11-28(25(31)27-20-8-6-19(26)7-9-20)16-24(30)29(15-21-4-3-12-34-21)14-18-5-10-22-23(13-18)33-17-32-22/h2-10,12-13H,1,11,14-17H2,(H,27,31). The Bertz CT molecular complexity index is 1150. The van der Waals surface area contributed by atoms with Crippen molar-refractivity contribution in [3.8, 4) is 11.5 Å². The molecular formula is C25H24BrN3O4S. The molecule has 1 aliphatic rings. The number of hydrogen-bond acceptors (Lipinski definition) is 5. The number of thiophene rings is 1. The van der Waals surface area contributed by atoms with E-state index in [-0.39, 0.29) is 31.8 Å². The molecule has 0 radical (unpaired) electrons. The second-order valence-corrected chi connectivity index (χ2v) is 9.57. The Kier molecular flexibility index (Phi) is 7.87. The van der Waals surface area contributed by atoms with Crippen LogP contribution < -0.4 is 14.8 Å². The minimum Gasteiger partial charge on any atom is -0.454 e. The zero-order chi connectivity index (χ0) is 23.9. The number of amides is 3. The number of urea groups is 1. The minimum absolute atomic E-state index is 0.0791. The molecule has 3 amide bonds. The summed E-state index contributed by atoms with van der Waals surface area (Å²) < 4.78 is 11.8. The van der Waals surface area contributed by atoms with Crippen LogP contribution in [0.4, 0.5) is 10.5 Å². The number of anilines is 1. The lowest BCUT2D eigenvalue weighted by Crippen LogP contribution is -2.44. The van der Waals surface area contributed by atoms with E-state index in [0.717, 1.165) is 14.9 Å². The van der Waals surface area contributed by atoms with Crippen LogP contribution in [0.5, 0.6) is 11.5 Å². The Hall–Kier alpha value is -3.30. The topological polar surface area (TPSA) is 71.1 Å². The zero-order valence-corrected chi connectivity index (χ0v) is 20.8. The van der Waals surface area contributed by atoms with Gasteiger partial charge in [0.05, 0.1) is 6.54 Å². The van der Waals surface area contributed by atoms with Crippen molar-refractivity contribution in [1.29, 1.82) is 0 Å². The van der Waals surface area contributed by atoms with E-state index in [1.807, 2.05) is 47.8 Å². The molecule has 1 aromatic heterocycles. The predicted octanol–water partition coefficient (Wildman–Crippen LogP) is 5.49. The first-order valence-electron chi connectivity index (χ1n) is 10.6. The fourth-order valence-corrected chi connectivity index (χ4v) is 4.44. The number of halogens is 1. The molecule has 1 aliphatic heterocycles. The van der Waals surface area contributed by atoms with Crippen molar-refractivity contribution in [2.75, 3.05) is 25.2 Å². The van der Waals surface area contributed by atoms with Crippen molar-refractivity contribution in [2.45, 2.75) is 13.1 Å². The van der Waals surface area contributed by atoms with E-state index in [2.05, 4.69) is 27.8 Å². The third-order valence-corrected chi connectivity index (χ3v) is 6.54. The highest BCUT2D eigenvalue weighted by molar-refractivity contribution is 9.10. The maximum atomic E-state index is 13.4. The van der Waals surface area contributed by atoms with E-state index >= 15 is 0 Å². The van der Waals surface area contributed by atoms with Gasteiger partial charge in [-0.05, 0) is 53.4 Å². The van der Waals surface area contributed by atoms with E-state index in [9.17, 15) is 9.59 Å². The molecule has 0 spiro atoms. The smallest absolute Gasteiger partial charge is 0.322 e. The van der Waals surface area contributed by atoms with Gasteiger partial charge in [0, 0.05) is 28.1 Å². The van der Waals surface area contributed by atoms with Crippen LogP contribution in [-0.2, 0) is 17.9 Å². The van der Waals surface area contributed by atoms with Gasteiger partial charge < -0.3 is 24.6 Å². The van der Waals surface area contributed by atoms with Crippen LogP contribution >= 0.6 is 27.3 Å². The summed E-state index contributed by atoms with van der Waals surface area (Å²) in [6.07, 6.45) is 1.61. The summed E-state index contributed by atoms with van der Waals surface area (Å²) in [4.78, 5) is 30.6. The number of benzene rings is 2. The number of carbonyl (C=O) groups excluding carboxylic acids is 2. The number of ether oxygens (including phenoxy) is 2. The van der Waals surface area contributed by atoms with Gasteiger partial charge in [0.25, 0.3) is 0 Å². The molecule has 1 N–H and O–H groups in total. The number of nitrogens with one attached hydrogen (secondary N) is 1. The van der Waals surface area contributed by atoms with Gasteiger partial charge in [-0.3, -0.25) is 4.79 Å². The van der Waals surface area contributed by atoms with Crippen LogP contribution in [0.1, 0.15) is 10.4 Å². The lowest BCUT2D eigenvalue weighted by molar-refractivity contribution is -0.132. The lowest BCUT2D eigenvalue weighted by Gasteiger charge is -2.27. The normalized spacial score (nSPS) is 11.7. The summed E-state index contributed by atoms with van der Waals surface area (Å²) in [5, 5.41) is 4.82. The summed E-state index contributed by atoms with van der Waals surface area (Å²) in [5.74, 6) is 1.20. The quantitative estimate of drug-likeness (QED) is 0.363. The van der Waals surface area contributed by atoms with Gasteiger partial charge in [-0.2, -0.15) is 0 Å². The average Bonchev–Trinajstić information content (AvgIpc) is 3.51. The van der Waals surface area contributed by atoms with E-state index in [1.54, 1.807) is 34.4 Å². The van der Waals surface area contributed by atoms with Crippen LogP contribution in [0.15, 0.2) is 77.1 Å². The molecule has 0 aliphatic carbocycles. The van der Waals surface area contributed by atoms with Crippen molar-refractivity contribution in [2.24, 2.45) is 0 Å². The SMILES string of the molecule is C=CCN(CC(=O)N(Cc1ccc2c(c1)OCO2)Cc1cccs1)C(=O)Nc1ccc(Br)cc1. The molecule has 0 fully saturated rings. The highest BCUT2D eigenvalue weighted by Gasteiger charge is 2.23. The summed E-state index contributed by atoms with van der Waals surface area (Å²) in [7, 11) is 0. The number of nitrogens with zero attached hydrogens (tertiary/aromatic N) is 2. The first-order chi connectivity index (χ1) is 16.5. The highest BCUT2D eigenvalue weighted by atomic mass is 79.9. The van der Waals surface area contributed by atoms with Crippen molar-refractivity contribution in [1.82, 2.24) is 9.80 Å². The first kappa shape index (κ1) is 23.8. The monoisotopic (exact) mass is 541 g/mol. The molecule has 0 saturated heterocycles. The molecule has 0 saturated carbocycles. The maximum absolute atomic E-state index is 13.4. The van der Waals surface area contributed by atoms with E-state index in [0.29, 0.717) is 30.3 Å². The summed E-state index contributed by atoms with van der Waals surface area (Å²) >= 11 is 4.97. The maximum Gasteiger partial charge on any atom is 0.322 e. The Labute approximate surface area is 210 Å². The molecule has 34 heavy (non-hydrogen) atoms. The Morgan fingerprint density at radius 3 is 2.59 bits per heavy atom. The zero-order valence-electron chi connectivity index (χ0n) is 18.4. The largest absolute Gasteiger partial charge is 0.454 e. The second kappa shape index (κ2) is 11.2. The van der Waals surface area contributed by atoms with Crippen molar-refractivity contribution >= 4 is 44.9 Å². The third kappa shape index (κ3) is 6.18. The molecule has 0 unspecified atom stereocenters. The lowest BCUT2D eigenvalue weighted by atomic mass is 10.2. The molecule has 3 aromatic rings. The summed E-state index contributed by atoms with van der Waals surface area (Å²) in [6.45, 7) is 4.92. The van der Waals surface area contributed by atoms with Gasteiger partial charge in [-0.15, -0.1) is 17.9 Å². The Morgan fingerprint density at radius 2 is 1.85 bits per heavy atom. The van der Waals surface area contributed by atoms with Gasteiger partial charge in [0.1, 0.15) is 6.54 Å². The molecule has 2 heterocycles. The van der Waals surface area contributed by atoms with Crippen molar-refractivity contribution < 1.29 is 19.1 Å². The summed E-state index contributed by atoms with van der Waals surface area (Å²) in [5.41, 5.74) is 1.56. The highest BCUT2D eigenvalue weighted by Crippen LogP contribution is 2.33. The fraction of sp³-hybridized carbons (Fsp3) is 0.200. The number of carbonyl (C=O) groups is 2. The number of hydrogen-bond donors (Lipinski definition) is 1. The Balaban J connectivity index is 1.48. The van der Waals surface area contributed by atoms with E-state index < -0.39 is 0 Å². The van der Waals surface area contributed by atoms with Gasteiger partial charge in [0.2, 0.25) is 12.7 Å². The van der Waals surface area contributed by atoms with Crippen LogP contribution in [0.3, 0.4) is 0 Å². The predicted molar refractivity (Wildman–Crippen MR) is 136 cm³/mol. The van der Waals surface area contributed by atoms with E-state index in [1.165, 1.54) is 4.90 Å². The molecule has 2 aromatic carbocycles. The third-order valence-electron chi connectivity index (χ3n) is 5.15. The van der Waals surface area contributed by atoms with Crippen molar-refractivity contribution in [3.05, 3.63) is 87.5 Å². The molecule has 4 rings (SSSR count). The van der Waals surface area contributed by atoms with Crippen molar-refractivity contribution in [3.63, 3.8) is 0 Å². The molecule has 0 atom stereocenters. The number of fused-ring (bicyclic) bond motifs is 1. The number of rotatable bonds is 9. The van der Waals surface area contributed by atoms with Gasteiger partial charge >= 0.3 is 6.03 Å². The minimum atomic E-state index is -0.366. The van der Waals surface area contributed by atoms with Gasteiger partial charge in [-0.25, -0.2) is 4.79 Å². The average molecular weight is 542 g/mol. The van der Waals surface area contributed by atoms with Crippen LogP contribution in [0.25, 0.3) is 0 Å². The van der Waals surface area contributed by atoms with Crippen LogP contribution in [0.2, 0.25) is 0 Å². The second-order valence-electron chi connectivity index (χ2n) is 7.62. The van der Waals surface area contributed by atoms with Gasteiger partial charge in [-0.1, -0.05) is 34.1 Å². The fourth-order valence-electron chi connectivity index (χ4n) is 3.46. The van der Waals surface area contributed by atoms with Gasteiger partial charge in [0.15, 0.2) is 11.5 Å². The summed E-state index contributed by atoms with van der Waals surface area (Å²) in [6, 6.07) is 16.5. The first-order valence-corrected chi connectivity index (χ1v) is 12.3. The molecule has 0 bridgehead atoms. The van der Waals surface area contributed by atoms with Crippen LogP contribution in [0, 0.1) is 0 Å². The molecular weight excluding hydrogens is 518 g/mol. The molecule has 176 valence electrons. The van der Waals surface area contributed by atoms with Crippen LogP contribution in [-0.4, -0.2) is 41.6 Å². The molecule has 9 heteroatoms. The Morgan fingerprint density at radius 1 is 1.06 bits per heavy atom. The van der Waals surface area contributed by atoms with E-state index in [4.69, 9.17) is 9.47 Å². The molecule has 7 nitrogen and oxygen atoms in total.